The molecule has 1 aliphatic heterocycles. The van der Waals surface area contributed by atoms with Crippen molar-refractivity contribution >= 4 is 6.09 Å². The molecular formula is C15H30N2O3. The van der Waals surface area contributed by atoms with Gasteiger partial charge in [0.2, 0.25) is 0 Å². The Hall–Kier alpha value is -0.810. The molecule has 1 aliphatic rings. The van der Waals surface area contributed by atoms with Crippen molar-refractivity contribution < 1.29 is 14.3 Å². The second-order valence-corrected chi connectivity index (χ2v) is 8.07. The lowest BCUT2D eigenvalue weighted by molar-refractivity contribution is -0.0643. The molecule has 0 radical (unpaired) electrons. The summed E-state index contributed by atoms with van der Waals surface area (Å²) >= 11 is 0. The summed E-state index contributed by atoms with van der Waals surface area (Å²) in [6, 6.07) is -0.364. The Morgan fingerprint density at radius 2 is 1.80 bits per heavy atom. The van der Waals surface area contributed by atoms with Gasteiger partial charge in [0.15, 0.2) is 0 Å². The summed E-state index contributed by atoms with van der Waals surface area (Å²) in [5, 5.41) is 0. The largest absolute Gasteiger partial charge is 0.444 e. The number of amides is 1. The molecule has 2 atom stereocenters. The minimum absolute atomic E-state index is 0.116. The predicted octanol–water partition coefficient (Wildman–Crippen LogP) is 2.73. The molecule has 20 heavy (non-hydrogen) atoms. The number of rotatable bonds is 1. The van der Waals surface area contributed by atoms with Crippen molar-refractivity contribution in [3.63, 3.8) is 0 Å². The molecular weight excluding hydrogens is 256 g/mol. The van der Waals surface area contributed by atoms with E-state index >= 15 is 0 Å². The smallest absolute Gasteiger partial charge is 0.412 e. The highest BCUT2D eigenvalue weighted by Crippen LogP contribution is 2.34. The average Bonchev–Trinajstić information content (AvgIpc) is 2.48. The van der Waals surface area contributed by atoms with E-state index < -0.39 is 11.3 Å². The molecule has 0 spiro atoms. The van der Waals surface area contributed by atoms with Gasteiger partial charge in [-0.25, -0.2) is 4.79 Å². The molecule has 1 rings (SSSR count). The summed E-state index contributed by atoms with van der Waals surface area (Å²) < 4.78 is 11.3. The third-order valence-corrected chi connectivity index (χ3v) is 3.52. The van der Waals surface area contributed by atoms with Crippen LogP contribution >= 0.6 is 0 Å². The van der Waals surface area contributed by atoms with E-state index in [0.29, 0.717) is 6.61 Å². The van der Waals surface area contributed by atoms with Gasteiger partial charge < -0.3 is 15.2 Å². The molecule has 0 aromatic heterocycles. The Kier molecular flexibility index (Phi) is 4.47. The van der Waals surface area contributed by atoms with Crippen LogP contribution in [0.4, 0.5) is 4.79 Å². The Bertz CT molecular complexity index is 366. The van der Waals surface area contributed by atoms with Crippen molar-refractivity contribution in [3.05, 3.63) is 0 Å². The average molecular weight is 286 g/mol. The van der Waals surface area contributed by atoms with Crippen LogP contribution in [-0.4, -0.2) is 41.0 Å². The first kappa shape index (κ1) is 17.2. The van der Waals surface area contributed by atoms with Crippen molar-refractivity contribution in [1.82, 2.24) is 4.90 Å². The summed E-state index contributed by atoms with van der Waals surface area (Å²) in [7, 11) is 0. The van der Waals surface area contributed by atoms with E-state index in [4.69, 9.17) is 15.2 Å². The first-order valence-electron chi connectivity index (χ1n) is 7.17. The van der Waals surface area contributed by atoms with Crippen LogP contribution in [0.3, 0.4) is 0 Å². The maximum atomic E-state index is 12.5. The van der Waals surface area contributed by atoms with Gasteiger partial charge in [-0.15, -0.1) is 0 Å². The second-order valence-electron chi connectivity index (χ2n) is 8.07. The predicted molar refractivity (Wildman–Crippen MR) is 79.3 cm³/mol. The van der Waals surface area contributed by atoms with Crippen LogP contribution in [0.2, 0.25) is 0 Å². The van der Waals surface area contributed by atoms with Gasteiger partial charge in [-0.2, -0.15) is 0 Å². The lowest BCUT2D eigenvalue weighted by Crippen LogP contribution is -2.58. The fraction of sp³-hybridized carbons (Fsp3) is 0.933. The first-order valence-corrected chi connectivity index (χ1v) is 7.17. The van der Waals surface area contributed by atoms with E-state index in [1.165, 1.54) is 0 Å². The van der Waals surface area contributed by atoms with Crippen LogP contribution in [0.25, 0.3) is 0 Å². The first-order chi connectivity index (χ1) is 8.76. The minimum Gasteiger partial charge on any atom is -0.444 e. The van der Waals surface area contributed by atoms with E-state index in [-0.39, 0.29) is 23.6 Å². The van der Waals surface area contributed by atoms with Crippen molar-refractivity contribution in [2.75, 3.05) is 6.61 Å². The minimum atomic E-state index is -0.699. The summed E-state index contributed by atoms with van der Waals surface area (Å²) in [6.07, 6.45) is -0.371. The molecule has 0 aliphatic carbocycles. The van der Waals surface area contributed by atoms with Gasteiger partial charge in [-0.3, -0.25) is 4.90 Å². The number of hydrogen-bond donors (Lipinski definition) is 1. The van der Waals surface area contributed by atoms with Gasteiger partial charge >= 0.3 is 6.09 Å². The fourth-order valence-electron chi connectivity index (χ4n) is 2.34. The summed E-state index contributed by atoms with van der Waals surface area (Å²) in [6.45, 7) is 15.9. The highest BCUT2D eigenvalue weighted by Gasteiger charge is 2.49. The maximum absolute atomic E-state index is 12.5. The highest BCUT2D eigenvalue weighted by atomic mass is 16.6. The molecule has 2 N–H and O–H groups in total. The Labute approximate surface area is 122 Å². The molecule has 5 nitrogen and oxygen atoms in total. The van der Waals surface area contributed by atoms with Crippen molar-refractivity contribution in [1.29, 1.82) is 0 Å². The number of nitrogens with two attached hydrogens (primary N) is 1. The number of hydrogen-bond acceptors (Lipinski definition) is 4. The Morgan fingerprint density at radius 1 is 1.30 bits per heavy atom. The maximum Gasteiger partial charge on any atom is 0.412 e. The molecule has 5 heteroatoms. The van der Waals surface area contributed by atoms with Crippen LogP contribution < -0.4 is 5.73 Å². The summed E-state index contributed by atoms with van der Waals surface area (Å²) in [5.41, 5.74) is 4.99. The van der Waals surface area contributed by atoms with Gasteiger partial charge in [-0.05, 0) is 40.0 Å². The molecule has 1 saturated heterocycles. The molecule has 0 aromatic rings. The van der Waals surface area contributed by atoms with Gasteiger partial charge in [0.05, 0.1) is 12.6 Å². The number of ether oxygens (including phenoxy) is 2. The fourth-order valence-corrected chi connectivity index (χ4v) is 2.34. The molecule has 0 aromatic carbocycles. The number of nitrogens with zero attached hydrogens (tertiary/aromatic N) is 1. The van der Waals surface area contributed by atoms with E-state index in [0.717, 1.165) is 0 Å². The van der Waals surface area contributed by atoms with Crippen molar-refractivity contribution in [2.24, 2.45) is 11.1 Å². The highest BCUT2D eigenvalue weighted by molar-refractivity contribution is 5.70. The van der Waals surface area contributed by atoms with E-state index in [9.17, 15) is 4.79 Å². The van der Waals surface area contributed by atoms with Crippen LogP contribution in [0, 0.1) is 5.41 Å². The zero-order valence-electron chi connectivity index (χ0n) is 14.1. The third kappa shape index (κ3) is 3.85. The van der Waals surface area contributed by atoms with Gasteiger partial charge in [-0.1, -0.05) is 20.8 Å². The standard InChI is InChI=1S/C15H30N2O3/c1-13(2,3)11(16)10-9-19-15(7,8)17(10)12(18)20-14(4,5)6/h10-11H,9,16H2,1-8H3/t10-,11-/m0/s1. The topological polar surface area (TPSA) is 64.8 Å². The second kappa shape index (κ2) is 5.19. The van der Waals surface area contributed by atoms with Crippen molar-refractivity contribution in [2.45, 2.75) is 78.8 Å². The van der Waals surface area contributed by atoms with E-state index in [1.807, 2.05) is 34.6 Å². The van der Waals surface area contributed by atoms with Crippen molar-refractivity contribution in [3.8, 4) is 0 Å². The Morgan fingerprint density at radius 3 is 2.20 bits per heavy atom. The molecule has 0 bridgehead atoms. The van der Waals surface area contributed by atoms with E-state index in [1.54, 1.807) is 4.90 Å². The van der Waals surface area contributed by atoms with Crippen LogP contribution in [0.1, 0.15) is 55.4 Å². The molecule has 0 unspecified atom stereocenters. The van der Waals surface area contributed by atoms with Gasteiger partial charge in [0.25, 0.3) is 0 Å². The number of carbonyl (C=O) groups excluding carboxylic acids is 1. The molecule has 1 amide bonds. The quantitative estimate of drug-likeness (QED) is 0.805. The summed E-state index contributed by atoms with van der Waals surface area (Å²) in [4.78, 5) is 14.1. The van der Waals surface area contributed by atoms with Gasteiger partial charge in [0.1, 0.15) is 11.3 Å². The van der Waals surface area contributed by atoms with Crippen LogP contribution in [0.5, 0.6) is 0 Å². The lowest BCUT2D eigenvalue weighted by Gasteiger charge is -2.40. The Balaban J connectivity index is 3.00. The normalized spacial score (nSPS) is 24.6. The lowest BCUT2D eigenvalue weighted by atomic mass is 9.82. The monoisotopic (exact) mass is 286 g/mol. The zero-order chi connectivity index (χ0) is 15.9. The zero-order valence-corrected chi connectivity index (χ0v) is 14.1. The number of carbonyl (C=O) groups is 1. The molecule has 1 heterocycles. The molecule has 1 fully saturated rings. The van der Waals surface area contributed by atoms with Crippen LogP contribution in [0.15, 0.2) is 0 Å². The van der Waals surface area contributed by atoms with E-state index in [2.05, 4.69) is 20.8 Å². The van der Waals surface area contributed by atoms with Gasteiger partial charge in [0, 0.05) is 6.04 Å². The molecule has 118 valence electrons. The van der Waals surface area contributed by atoms with Crippen LogP contribution in [-0.2, 0) is 9.47 Å². The third-order valence-electron chi connectivity index (χ3n) is 3.52. The molecule has 0 saturated carbocycles. The summed E-state index contributed by atoms with van der Waals surface area (Å²) in [5.74, 6) is 0. The SMILES string of the molecule is CC(C)(C)OC(=O)N1[C@H]([C@H](N)C(C)(C)C)COC1(C)C.